The quantitative estimate of drug-likeness (QED) is 0.393. The van der Waals surface area contributed by atoms with E-state index in [-0.39, 0.29) is 13.2 Å². The summed E-state index contributed by atoms with van der Waals surface area (Å²) < 4.78 is 12.6. The molecule has 0 atom stereocenters. The molecule has 1 N–H and O–H groups in total. The summed E-state index contributed by atoms with van der Waals surface area (Å²) in [5.74, 6) is -0.423. The highest BCUT2D eigenvalue weighted by Gasteiger charge is 2.24. The fraction of sp³-hybridized carbons (Fsp3) is 0.296. The van der Waals surface area contributed by atoms with Gasteiger partial charge in [-0.05, 0) is 44.7 Å². The molecule has 0 spiro atoms. The zero-order chi connectivity index (χ0) is 24.5. The molecule has 176 valence electrons. The summed E-state index contributed by atoms with van der Waals surface area (Å²) in [6, 6.07) is 14.1. The van der Waals surface area contributed by atoms with E-state index in [9.17, 15) is 9.59 Å². The minimum absolute atomic E-state index is 0.124. The van der Waals surface area contributed by atoms with E-state index in [0.717, 1.165) is 32.8 Å². The zero-order valence-electron chi connectivity index (χ0n) is 20.1. The first-order valence-corrected chi connectivity index (χ1v) is 11.3. The van der Waals surface area contributed by atoms with Crippen molar-refractivity contribution >= 4 is 33.7 Å². The Kier molecular flexibility index (Phi) is 6.28. The molecule has 2 heterocycles. The fourth-order valence-corrected chi connectivity index (χ4v) is 4.11. The molecule has 1 amide bonds. The van der Waals surface area contributed by atoms with Crippen molar-refractivity contribution in [2.45, 2.75) is 39.8 Å². The van der Waals surface area contributed by atoms with E-state index in [0.29, 0.717) is 11.3 Å². The number of alkyl carbamates (subject to hydrolysis) is 1. The van der Waals surface area contributed by atoms with E-state index in [1.54, 1.807) is 27.7 Å². The summed E-state index contributed by atoms with van der Waals surface area (Å²) >= 11 is 0. The number of aryl methyl sites for hydroxylation is 1. The van der Waals surface area contributed by atoms with Crippen molar-refractivity contribution in [2.75, 3.05) is 6.61 Å². The molecule has 7 nitrogen and oxygen atoms in total. The van der Waals surface area contributed by atoms with Gasteiger partial charge in [0, 0.05) is 41.3 Å². The standard InChI is InChI=1S/C27H29N3O4/c1-6-33-25(31)24-20-12-11-17(21-15-28-14-18-9-7-8-10-19(18)21)13-22(20)30(5)23(24)16-29-26(32)34-27(2,3)4/h7-15H,6,16H2,1-5H3,(H,29,32). The minimum atomic E-state index is -0.617. The Bertz CT molecular complexity index is 1380. The van der Waals surface area contributed by atoms with Crippen LogP contribution in [0.3, 0.4) is 0 Å². The van der Waals surface area contributed by atoms with Gasteiger partial charge in [-0.3, -0.25) is 4.98 Å². The molecule has 4 rings (SSSR count). The molecule has 0 saturated heterocycles. The van der Waals surface area contributed by atoms with E-state index in [1.165, 1.54) is 0 Å². The van der Waals surface area contributed by atoms with Crippen LogP contribution < -0.4 is 5.32 Å². The molecule has 2 aromatic carbocycles. The van der Waals surface area contributed by atoms with E-state index in [4.69, 9.17) is 9.47 Å². The van der Waals surface area contributed by atoms with Crippen LogP contribution in [-0.4, -0.2) is 33.8 Å². The third kappa shape index (κ3) is 4.59. The molecular formula is C27H29N3O4. The monoisotopic (exact) mass is 459 g/mol. The summed E-state index contributed by atoms with van der Waals surface area (Å²) in [5.41, 5.74) is 3.32. The lowest BCUT2D eigenvalue weighted by Crippen LogP contribution is -2.33. The van der Waals surface area contributed by atoms with Crippen molar-refractivity contribution in [3.8, 4) is 11.1 Å². The number of hydrogen-bond acceptors (Lipinski definition) is 5. The van der Waals surface area contributed by atoms with Crippen LogP contribution in [0.25, 0.3) is 32.8 Å². The molecule has 0 radical (unpaired) electrons. The molecule has 4 aromatic rings. The number of nitrogens with zero attached hydrogens (tertiary/aromatic N) is 2. The van der Waals surface area contributed by atoms with Crippen molar-refractivity contribution in [3.05, 3.63) is 66.1 Å². The number of carbonyl (C=O) groups is 2. The number of aromatic nitrogens is 2. The van der Waals surface area contributed by atoms with E-state index >= 15 is 0 Å². The molecular weight excluding hydrogens is 430 g/mol. The van der Waals surface area contributed by atoms with Gasteiger partial charge in [-0.25, -0.2) is 9.59 Å². The molecule has 0 fully saturated rings. The number of benzene rings is 2. The highest BCUT2D eigenvalue weighted by atomic mass is 16.6. The van der Waals surface area contributed by atoms with Crippen LogP contribution >= 0.6 is 0 Å². The lowest BCUT2D eigenvalue weighted by atomic mass is 9.99. The normalized spacial score (nSPS) is 11.6. The number of ether oxygens (including phenoxy) is 2. The van der Waals surface area contributed by atoms with Crippen molar-refractivity contribution in [1.82, 2.24) is 14.9 Å². The van der Waals surface area contributed by atoms with Gasteiger partial charge in [0.25, 0.3) is 0 Å². The summed E-state index contributed by atoms with van der Waals surface area (Å²) in [7, 11) is 1.88. The van der Waals surface area contributed by atoms with Gasteiger partial charge in [0.05, 0.1) is 24.4 Å². The molecule has 34 heavy (non-hydrogen) atoms. The smallest absolute Gasteiger partial charge is 0.407 e. The number of fused-ring (bicyclic) bond motifs is 2. The Hall–Kier alpha value is -3.87. The molecule has 0 unspecified atom stereocenters. The number of rotatable bonds is 5. The minimum Gasteiger partial charge on any atom is -0.462 e. The lowest BCUT2D eigenvalue weighted by Gasteiger charge is -2.20. The first kappa shape index (κ1) is 23.3. The van der Waals surface area contributed by atoms with Crippen LogP contribution in [0.4, 0.5) is 4.79 Å². The maximum Gasteiger partial charge on any atom is 0.407 e. The van der Waals surface area contributed by atoms with E-state index in [2.05, 4.69) is 16.4 Å². The van der Waals surface area contributed by atoms with Crippen LogP contribution in [0.2, 0.25) is 0 Å². The highest BCUT2D eigenvalue weighted by molar-refractivity contribution is 6.07. The van der Waals surface area contributed by atoms with Crippen LogP contribution in [0.1, 0.15) is 43.7 Å². The first-order valence-electron chi connectivity index (χ1n) is 11.3. The number of hydrogen-bond donors (Lipinski definition) is 1. The second kappa shape index (κ2) is 9.17. The summed E-state index contributed by atoms with van der Waals surface area (Å²) in [6.07, 6.45) is 3.15. The Morgan fingerprint density at radius 3 is 2.56 bits per heavy atom. The molecule has 0 aliphatic carbocycles. The van der Waals surface area contributed by atoms with Gasteiger partial charge in [0.1, 0.15) is 5.60 Å². The average Bonchev–Trinajstić information content (AvgIpc) is 3.07. The largest absolute Gasteiger partial charge is 0.462 e. The summed E-state index contributed by atoms with van der Waals surface area (Å²) in [4.78, 5) is 29.6. The van der Waals surface area contributed by atoms with Gasteiger partial charge in [-0.15, -0.1) is 0 Å². The second-order valence-corrected chi connectivity index (χ2v) is 9.10. The molecule has 0 bridgehead atoms. The molecule has 2 aromatic heterocycles. The maximum atomic E-state index is 12.9. The highest BCUT2D eigenvalue weighted by Crippen LogP contribution is 2.33. The predicted octanol–water partition coefficient (Wildman–Crippen LogP) is 5.59. The molecule has 0 aliphatic heterocycles. The van der Waals surface area contributed by atoms with E-state index < -0.39 is 17.7 Å². The predicted molar refractivity (Wildman–Crippen MR) is 133 cm³/mol. The number of esters is 1. The van der Waals surface area contributed by atoms with Crippen molar-refractivity contribution < 1.29 is 19.1 Å². The number of pyridine rings is 1. The first-order chi connectivity index (χ1) is 16.2. The fourth-order valence-electron chi connectivity index (χ4n) is 4.11. The third-order valence-corrected chi connectivity index (χ3v) is 5.58. The van der Waals surface area contributed by atoms with Gasteiger partial charge in [0.15, 0.2) is 0 Å². The van der Waals surface area contributed by atoms with Crippen LogP contribution in [-0.2, 0) is 23.1 Å². The topological polar surface area (TPSA) is 82.5 Å². The third-order valence-electron chi connectivity index (χ3n) is 5.58. The molecule has 7 heteroatoms. The van der Waals surface area contributed by atoms with Crippen molar-refractivity contribution in [1.29, 1.82) is 0 Å². The lowest BCUT2D eigenvalue weighted by molar-refractivity contribution is 0.0502. The zero-order valence-corrected chi connectivity index (χ0v) is 20.1. The van der Waals surface area contributed by atoms with Gasteiger partial charge in [-0.2, -0.15) is 0 Å². The van der Waals surface area contributed by atoms with Gasteiger partial charge in [-0.1, -0.05) is 36.4 Å². The summed E-state index contributed by atoms with van der Waals surface area (Å²) in [5, 5.41) is 5.69. The van der Waals surface area contributed by atoms with Crippen molar-refractivity contribution in [3.63, 3.8) is 0 Å². The van der Waals surface area contributed by atoms with Crippen LogP contribution in [0.15, 0.2) is 54.9 Å². The Balaban J connectivity index is 1.80. The number of amides is 1. The molecule has 0 aliphatic rings. The SMILES string of the molecule is CCOC(=O)c1c(CNC(=O)OC(C)(C)C)n(C)c2cc(-c3cncc4ccccc34)ccc12. The van der Waals surface area contributed by atoms with Gasteiger partial charge < -0.3 is 19.4 Å². The maximum absolute atomic E-state index is 12.9. The summed E-state index contributed by atoms with van der Waals surface area (Å²) in [6.45, 7) is 7.56. The van der Waals surface area contributed by atoms with E-state index in [1.807, 2.05) is 60.4 Å². The van der Waals surface area contributed by atoms with Crippen molar-refractivity contribution in [2.24, 2.45) is 7.05 Å². The Morgan fingerprint density at radius 1 is 1.06 bits per heavy atom. The molecule has 0 saturated carbocycles. The van der Waals surface area contributed by atoms with Crippen LogP contribution in [0, 0.1) is 0 Å². The second-order valence-electron chi connectivity index (χ2n) is 9.10. The Labute approximate surface area is 198 Å². The average molecular weight is 460 g/mol. The number of carbonyl (C=O) groups excluding carboxylic acids is 2. The van der Waals surface area contributed by atoms with Gasteiger partial charge >= 0.3 is 12.1 Å². The van der Waals surface area contributed by atoms with Crippen LogP contribution in [0.5, 0.6) is 0 Å². The Morgan fingerprint density at radius 2 is 1.82 bits per heavy atom. The number of nitrogens with one attached hydrogen (secondary N) is 1. The van der Waals surface area contributed by atoms with Gasteiger partial charge in [0.2, 0.25) is 0 Å².